The van der Waals surface area contributed by atoms with Crippen LogP contribution in [0.4, 0.5) is 5.82 Å². The summed E-state index contributed by atoms with van der Waals surface area (Å²) in [6.45, 7) is 6.12. The molecule has 0 radical (unpaired) electrons. The zero-order valence-corrected chi connectivity index (χ0v) is 13.8. The van der Waals surface area contributed by atoms with Crippen molar-refractivity contribution in [1.82, 2.24) is 15.1 Å². The molecule has 1 aromatic heterocycles. The van der Waals surface area contributed by atoms with Gasteiger partial charge in [-0.15, -0.1) is 0 Å². The van der Waals surface area contributed by atoms with Gasteiger partial charge in [0.25, 0.3) is 0 Å². The maximum absolute atomic E-state index is 12.7. The predicted octanol–water partition coefficient (Wildman–Crippen LogP) is 1.75. The molecule has 0 unspecified atom stereocenters. The van der Waals surface area contributed by atoms with Crippen molar-refractivity contribution in [2.45, 2.75) is 44.6 Å². The Bertz CT molecular complexity index is 561. The molecule has 1 amide bonds. The highest BCUT2D eigenvalue weighted by Gasteiger charge is 2.34. The van der Waals surface area contributed by atoms with E-state index in [1.807, 2.05) is 11.8 Å². The Morgan fingerprint density at radius 1 is 1.26 bits per heavy atom. The van der Waals surface area contributed by atoms with Gasteiger partial charge >= 0.3 is 0 Å². The molecular weight excluding hydrogens is 292 g/mol. The molecule has 1 saturated carbocycles. The lowest BCUT2D eigenvalue weighted by Crippen LogP contribution is -2.52. The third-order valence-corrected chi connectivity index (χ3v) is 5.44. The molecule has 1 aromatic rings. The number of aromatic nitrogens is 2. The van der Waals surface area contributed by atoms with Crippen LogP contribution in [0.3, 0.4) is 0 Å². The van der Waals surface area contributed by atoms with E-state index < -0.39 is 0 Å². The first-order valence-corrected chi connectivity index (χ1v) is 8.93. The van der Waals surface area contributed by atoms with Crippen molar-refractivity contribution in [3.8, 4) is 0 Å². The Hall–Kier alpha value is -1.56. The summed E-state index contributed by atoms with van der Waals surface area (Å²) < 4.78 is 5.65. The van der Waals surface area contributed by atoms with Gasteiger partial charge in [0, 0.05) is 50.5 Å². The minimum atomic E-state index is 0.0437. The normalized spacial score (nSPS) is 28.9. The molecule has 2 atom stereocenters. The Morgan fingerprint density at radius 2 is 2.04 bits per heavy atom. The standard InChI is InChI=1S/C17H26N4O2/c1-12-14(3-2-10-23-12)17(22)21-8-6-20(7-9-21)16-11-15(18-19-16)13-4-5-13/h11-14H,2-10H2,1H3,(H,18,19)/t12-,14+/m0/s1. The molecule has 3 aliphatic rings. The molecule has 0 aromatic carbocycles. The topological polar surface area (TPSA) is 61.5 Å². The minimum absolute atomic E-state index is 0.0437. The summed E-state index contributed by atoms with van der Waals surface area (Å²) in [6.07, 6.45) is 4.58. The number of amides is 1. The number of nitrogens with one attached hydrogen (secondary N) is 1. The lowest BCUT2D eigenvalue weighted by atomic mass is 9.93. The molecule has 23 heavy (non-hydrogen) atoms. The van der Waals surface area contributed by atoms with E-state index >= 15 is 0 Å². The number of hydrogen-bond donors (Lipinski definition) is 1. The number of piperazine rings is 1. The zero-order chi connectivity index (χ0) is 15.8. The van der Waals surface area contributed by atoms with Gasteiger partial charge in [0.2, 0.25) is 5.91 Å². The number of ether oxygens (including phenoxy) is 1. The minimum Gasteiger partial charge on any atom is -0.378 e. The largest absolute Gasteiger partial charge is 0.378 e. The Labute approximate surface area is 137 Å². The molecule has 126 valence electrons. The van der Waals surface area contributed by atoms with E-state index in [0.29, 0.717) is 5.92 Å². The van der Waals surface area contributed by atoms with Crippen LogP contribution in [0.25, 0.3) is 0 Å². The van der Waals surface area contributed by atoms with E-state index in [2.05, 4.69) is 21.2 Å². The molecule has 1 aliphatic carbocycles. The SMILES string of the molecule is C[C@@H]1OCCC[C@H]1C(=O)N1CCN(c2cc(C3CC3)[nH]n2)CC1. The first-order valence-electron chi connectivity index (χ1n) is 8.93. The lowest BCUT2D eigenvalue weighted by Gasteiger charge is -2.38. The van der Waals surface area contributed by atoms with Crippen LogP contribution in [0, 0.1) is 5.92 Å². The second kappa shape index (κ2) is 6.15. The molecule has 6 nitrogen and oxygen atoms in total. The molecule has 3 fully saturated rings. The maximum Gasteiger partial charge on any atom is 0.228 e. The molecule has 2 aliphatic heterocycles. The first kappa shape index (κ1) is 15.0. The van der Waals surface area contributed by atoms with E-state index in [4.69, 9.17) is 4.74 Å². The lowest BCUT2D eigenvalue weighted by molar-refractivity contribution is -0.144. The Kier molecular flexibility index (Phi) is 4.01. The van der Waals surface area contributed by atoms with Crippen LogP contribution in [0.15, 0.2) is 6.07 Å². The molecule has 0 spiro atoms. The van der Waals surface area contributed by atoms with Crippen LogP contribution in [-0.2, 0) is 9.53 Å². The van der Waals surface area contributed by atoms with E-state index in [0.717, 1.165) is 51.4 Å². The van der Waals surface area contributed by atoms with Crippen molar-refractivity contribution < 1.29 is 9.53 Å². The van der Waals surface area contributed by atoms with E-state index in [1.54, 1.807) is 0 Å². The average molecular weight is 318 g/mol. The number of rotatable bonds is 3. The van der Waals surface area contributed by atoms with E-state index in [9.17, 15) is 4.79 Å². The number of carbonyl (C=O) groups excluding carboxylic acids is 1. The fourth-order valence-corrected chi connectivity index (χ4v) is 3.73. The highest BCUT2D eigenvalue weighted by atomic mass is 16.5. The van der Waals surface area contributed by atoms with Crippen LogP contribution in [0.1, 0.15) is 44.2 Å². The first-order chi connectivity index (χ1) is 11.2. The van der Waals surface area contributed by atoms with Gasteiger partial charge in [-0.2, -0.15) is 5.10 Å². The van der Waals surface area contributed by atoms with Gasteiger partial charge in [-0.25, -0.2) is 0 Å². The third-order valence-electron chi connectivity index (χ3n) is 5.44. The Balaban J connectivity index is 1.33. The summed E-state index contributed by atoms with van der Waals surface area (Å²) in [4.78, 5) is 17.0. The molecule has 6 heteroatoms. The van der Waals surface area contributed by atoms with Gasteiger partial charge in [0.15, 0.2) is 5.82 Å². The van der Waals surface area contributed by atoms with Crippen molar-refractivity contribution in [1.29, 1.82) is 0 Å². The number of hydrogen-bond acceptors (Lipinski definition) is 4. The zero-order valence-electron chi connectivity index (χ0n) is 13.8. The van der Waals surface area contributed by atoms with Crippen molar-refractivity contribution >= 4 is 11.7 Å². The predicted molar refractivity (Wildman–Crippen MR) is 87.5 cm³/mol. The van der Waals surface area contributed by atoms with Gasteiger partial charge in [-0.1, -0.05) is 0 Å². The number of nitrogens with zero attached hydrogens (tertiary/aromatic N) is 3. The van der Waals surface area contributed by atoms with Crippen molar-refractivity contribution in [3.05, 3.63) is 11.8 Å². The second-order valence-corrected chi connectivity index (χ2v) is 7.09. The number of anilines is 1. The van der Waals surface area contributed by atoms with Gasteiger partial charge in [0.1, 0.15) is 0 Å². The number of H-pyrrole nitrogens is 1. The fraction of sp³-hybridized carbons (Fsp3) is 0.765. The van der Waals surface area contributed by atoms with Gasteiger partial charge in [-0.3, -0.25) is 9.89 Å². The summed E-state index contributed by atoms with van der Waals surface area (Å²) in [5.74, 6) is 2.06. The van der Waals surface area contributed by atoms with E-state index in [-0.39, 0.29) is 17.9 Å². The van der Waals surface area contributed by atoms with Crippen LogP contribution >= 0.6 is 0 Å². The summed E-state index contributed by atoms with van der Waals surface area (Å²) in [5.41, 5.74) is 1.27. The molecule has 2 saturated heterocycles. The van der Waals surface area contributed by atoms with E-state index in [1.165, 1.54) is 18.5 Å². The van der Waals surface area contributed by atoms with Gasteiger partial charge < -0.3 is 14.5 Å². The number of aromatic amines is 1. The quantitative estimate of drug-likeness (QED) is 0.922. The van der Waals surface area contributed by atoms with Crippen molar-refractivity contribution in [2.24, 2.45) is 5.92 Å². The monoisotopic (exact) mass is 318 g/mol. The molecule has 1 N–H and O–H groups in total. The maximum atomic E-state index is 12.7. The van der Waals surface area contributed by atoms with Crippen LogP contribution in [-0.4, -0.2) is 59.9 Å². The Morgan fingerprint density at radius 3 is 2.74 bits per heavy atom. The van der Waals surface area contributed by atoms with Crippen molar-refractivity contribution in [2.75, 3.05) is 37.7 Å². The number of carbonyl (C=O) groups is 1. The molecular formula is C17H26N4O2. The third kappa shape index (κ3) is 3.09. The average Bonchev–Trinajstić information content (AvgIpc) is 3.32. The van der Waals surface area contributed by atoms with Gasteiger partial charge in [-0.05, 0) is 32.6 Å². The highest BCUT2D eigenvalue weighted by Crippen LogP contribution is 2.39. The highest BCUT2D eigenvalue weighted by molar-refractivity contribution is 5.79. The van der Waals surface area contributed by atoms with Crippen LogP contribution < -0.4 is 4.90 Å². The van der Waals surface area contributed by atoms with Crippen LogP contribution in [0.5, 0.6) is 0 Å². The second-order valence-electron chi connectivity index (χ2n) is 7.09. The van der Waals surface area contributed by atoms with Crippen molar-refractivity contribution in [3.63, 3.8) is 0 Å². The van der Waals surface area contributed by atoms with Crippen LogP contribution in [0.2, 0.25) is 0 Å². The molecule has 3 heterocycles. The molecule has 0 bridgehead atoms. The summed E-state index contributed by atoms with van der Waals surface area (Å²) >= 11 is 0. The summed E-state index contributed by atoms with van der Waals surface area (Å²) in [6, 6.07) is 2.19. The molecule has 4 rings (SSSR count). The summed E-state index contributed by atoms with van der Waals surface area (Å²) in [7, 11) is 0. The summed E-state index contributed by atoms with van der Waals surface area (Å²) in [5, 5.41) is 7.62. The van der Waals surface area contributed by atoms with Gasteiger partial charge in [0.05, 0.1) is 12.0 Å². The fourth-order valence-electron chi connectivity index (χ4n) is 3.73. The smallest absolute Gasteiger partial charge is 0.228 e.